The lowest BCUT2D eigenvalue weighted by Gasteiger charge is -2.37. The van der Waals surface area contributed by atoms with E-state index in [1.54, 1.807) is 28.9 Å². The molecule has 10 nitrogen and oxygen atoms in total. The fourth-order valence-corrected chi connectivity index (χ4v) is 5.96. The van der Waals surface area contributed by atoms with E-state index in [1.165, 1.54) is 53.2 Å². The van der Waals surface area contributed by atoms with Gasteiger partial charge in [-0.2, -0.15) is 0 Å². The molecule has 1 fully saturated rings. The van der Waals surface area contributed by atoms with Crippen molar-refractivity contribution >= 4 is 23.5 Å². The Hall–Kier alpha value is -4.94. The van der Waals surface area contributed by atoms with E-state index in [0.717, 1.165) is 11.8 Å². The number of nitrogens with zero attached hydrogens (tertiary/aromatic N) is 5. The Morgan fingerprint density at radius 3 is 2.30 bits per heavy atom. The Kier molecular flexibility index (Phi) is 11.1. The zero-order valence-corrected chi connectivity index (χ0v) is 28.9. The average Bonchev–Trinajstić information content (AvgIpc) is 3.69. The van der Waals surface area contributed by atoms with Crippen molar-refractivity contribution in [3.63, 3.8) is 0 Å². The number of benzene rings is 2. The second-order valence-corrected chi connectivity index (χ2v) is 13.9. The molecule has 5 rings (SSSR count). The number of aromatic nitrogens is 3. The second-order valence-electron chi connectivity index (χ2n) is 13.9. The molecule has 4 atom stereocenters. The predicted octanol–water partition coefficient (Wildman–Crippen LogP) is 5.46. The van der Waals surface area contributed by atoms with Gasteiger partial charge in [0.2, 0.25) is 17.6 Å². The number of fused-ring (bicyclic) bond motifs is 1. The van der Waals surface area contributed by atoms with Crippen LogP contribution in [0.1, 0.15) is 63.5 Å². The molecule has 4 aromatic rings. The van der Waals surface area contributed by atoms with Crippen LogP contribution in [0.15, 0.2) is 67.1 Å². The quantitative estimate of drug-likeness (QED) is 0.212. The highest BCUT2D eigenvalue weighted by Crippen LogP contribution is 2.29. The van der Waals surface area contributed by atoms with Crippen molar-refractivity contribution in [2.45, 2.75) is 72.1 Å². The molecule has 0 aliphatic carbocycles. The van der Waals surface area contributed by atoms with Crippen LogP contribution in [0.3, 0.4) is 0 Å². The van der Waals surface area contributed by atoms with Crippen molar-refractivity contribution < 1.29 is 32.3 Å². The average molecular weight is 693 g/mol. The molecule has 1 saturated heterocycles. The van der Waals surface area contributed by atoms with Gasteiger partial charge in [0.15, 0.2) is 5.82 Å². The number of hydrogen-bond acceptors (Lipinski definition) is 6. The highest BCUT2D eigenvalue weighted by molar-refractivity contribution is 5.93. The lowest BCUT2D eigenvalue weighted by atomic mass is 9.85. The summed E-state index contributed by atoms with van der Waals surface area (Å²) in [4.78, 5) is 53.2. The number of carbonyl (C=O) groups excluding carboxylic acids is 3. The Balaban J connectivity index is 1.47. The van der Waals surface area contributed by atoms with E-state index in [9.17, 15) is 27.6 Å². The molecule has 2 aromatic heterocycles. The number of carbonyl (C=O) groups is 3. The number of hydrogen-bond donors (Lipinski definition) is 1. The highest BCUT2D eigenvalue weighted by Gasteiger charge is 2.44. The third-order valence-corrected chi connectivity index (χ3v) is 9.03. The summed E-state index contributed by atoms with van der Waals surface area (Å²) in [5, 5.41) is 2.97. The lowest BCUT2D eigenvalue weighted by Crippen LogP contribution is -2.58. The molecule has 13 heteroatoms. The molecule has 3 heterocycles. The summed E-state index contributed by atoms with van der Waals surface area (Å²) < 4.78 is 48.8. The molecular weight excluding hydrogens is 649 g/mol. The zero-order valence-electron chi connectivity index (χ0n) is 28.9. The normalized spacial score (nSPS) is 17.4. The minimum absolute atomic E-state index is 0.0329. The van der Waals surface area contributed by atoms with Gasteiger partial charge in [0, 0.05) is 37.8 Å². The van der Waals surface area contributed by atoms with Crippen LogP contribution in [-0.2, 0) is 16.0 Å². The first-order valence-electron chi connectivity index (χ1n) is 16.8. The van der Waals surface area contributed by atoms with Gasteiger partial charge in [-0.15, -0.1) is 0 Å². The van der Waals surface area contributed by atoms with Crippen LogP contribution >= 0.6 is 0 Å². The van der Waals surface area contributed by atoms with Gasteiger partial charge in [-0.25, -0.2) is 23.1 Å². The van der Waals surface area contributed by atoms with Gasteiger partial charge in [-0.05, 0) is 60.2 Å². The van der Waals surface area contributed by atoms with Crippen LogP contribution in [0.2, 0.25) is 0 Å². The predicted molar refractivity (Wildman–Crippen MR) is 181 cm³/mol. The van der Waals surface area contributed by atoms with E-state index in [-0.39, 0.29) is 54.7 Å². The van der Waals surface area contributed by atoms with Crippen LogP contribution in [-0.4, -0.2) is 79.7 Å². The minimum Gasteiger partial charge on any atom is -0.489 e. The van der Waals surface area contributed by atoms with E-state index in [0.29, 0.717) is 25.0 Å². The number of likely N-dealkylation sites (tertiary alicyclic amines) is 1. The summed E-state index contributed by atoms with van der Waals surface area (Å²) in [5.74, 6) is -2.14. The van der Waals surface area contributed by atoms with E-state index in [1.807, 2.05) is 27.7 Å². The topological polar surface area (TPSA) is 109 Å². The van der Waals surface area contributed by atoms with Gasteiger partial charge in [0.05, 0.1) is 18.8 Å². The molecule has 266 valence electrons. The Labute approximate surface area is 289 Å². The van der Waals surface area contributed by atoms with Gasteiger partial charge < -0.3 is 19.9 Å². The Morgan fingerprint density at radius 2 is 1.66 bits per heavy atom. The first kappa shape index (κ1) is 36.3. The van der Waals surface area contributed by atoms with Crippen molar-refractivity contribution in [2.75, 3.05) is 19.6 Å². The van der Waals surface area contributed by atoms with E-state index in [2.05, 4.69) is 15.3 Å². The first-order chi connectivity index (χ1) is 23.7. The monoisotopic (exact) mass is 692 g/mol. The van der Waals surface area contributed by atoms with Gasteiger partial charge in [0.25, 0.3) is 5.91 Å². The Bertz CT molecular complexity index is 1810. The maximum Gasteiger partial charge on any atom is 0.274 e. The highest BCUT2D eigenvalue weighted by atomic mass is 19.1. The van der Waals surface area contributed by atoms with Crippen LogP contribution < -0.4 is 10.1 Å². The van der Waals surface area contributed by atoms with Crippen molar-refractivity contribution in [2.24, 2.45) is 11.3 Å². The third-order valence-electron chi connectivity index (χ3n) is 9.03. The summed E-state index contributed by atoms with van der Waals surface area (Å²) in [6, 6.07) is 10.1. The molecular formula is C37H43F3N6O4. The molecule has 1 aliphatic heterocycles. The number of rotatable bonds is 12. The third kappa shape index (κ3) is 8.80. The molecule has 1 aliphatic rings. The van der Waals surface area contributed by atoms with Gasteiger partial charge in [0.1, 0.15) is 35.2 Å². The fourth-order valence-electron chi connectivity index (χ4n) is 5.96. The van der Waals surface area contributed by atoms with Crippen molar-refractivity contribution in [3.8, 4) is 5.75 Å². The first-order valence-corrected chi connectivity index (χ1v) is 16.8. The molecule has 2 aromatic carbocycles. The summed E-state index contributed by atoms with van der Waals surface area (Å²) in [7, 11) is 0. The van der Waals surface area contributed by atoms with Crippen molar-refractivity contribution in [3.05, 3.63) is 95.8 Å². The zero-order chi connectivity index (χ0) is 36.2. The van der Waals surface area contributed by atoms with Crippen LogP contribution in [0, 0.1) is 28.8 Å². The molecule has 1 N–H and O–H groups in total. The molecule has 0 radical (unpaired) electrons. The minimum atomic E-state index is -0.876. The van der Waals surface area contributed by atoms with Gasteiger partial charge >= 0.3 is 0 Å². The Morgan fingerprint density at radius 1 is 1.00 bits per heavy atom. The lowest BCUT2D eigenvalue weighted by molar-refractivity contribution is -0.141. The van der Waals surface area contributed by atoms with Gasteiger partial charge in [-0.3, -0.25) is 18.8 Å². The van der Waals surface area contributed by atoms with E-state index in [4.69, 9.17) is 4.74 Å². The summed E-state index contributed by atoms with van der Waals surface area (Å²) in [5.41, 5.74) is 0.170. The molecule has 0 bridgehead atoms. The number of imidazole rings is 1. The summed E-state index contributed by atoms with van der Waals surface area (Å²) in [6.07, 6.45) is 4.39. The van der Waals surface area contributed by atoms with Gasteiger partial charge in [-0.1, -0.05) is 46.8 Å². The smallest absolute Gasteiger partial charge is 0.274 e. The van der Waals surface area contributed by atoms with Crippen LogP contribution in [0.5, 0.6) is 5.75 Å². The van der Waals surface area contributed by atoms with E-state index < -0.39 is 41.1 Å². The number of halogens is 3. The maximum absolute atomic E-state index is 14.5. The number of nitrogens with one attached hydrogen (secondary N) is 1. The van der Waals surface area contributed by atoms with Crippen molar-refractivity contribution in [1.82, 2.24) is 29.5 Å². The molecule has 0 spiro atoms. The second kappa shape index (κ2) is 15.3. The largest absolute Gasteiger partial charge is 0.489 e. The summed E-state index contributed by atoms with van der Waals surface area (Å²) >= 11 is 0. The fraction of sp³-hybridized carbons (Fsp3) is 0.432. The van der Waals surface area contributed by atoms with Crippen molar-refractivity contribution in [1.29, 1.82) is 0 Å². The number of ether oxygens (including phenoxy) is 1. The van der Waals surface area contributed by atoms with Crippen LogP contribution in [0.25, 0.3) is 5.78 Å². The SMILES string of the molecule is CC[C@@H](C)C(=O)N[C@H](C(=O)N1C[C@@H](Oc2ccc(F)cc2)C[C@H]1CN(CCc1ccc(F)cc1)C(=O)c1cn2cc(F)cnc2n1)C(C)(C)C. The molecule has 50 heavy (non-hydrogen) atoms. The molecule has 3 amide bonds. The van der Waals surface area contributed by atoms with E-state index >= 15 is 0 Å². The maximum atomic E-state index is 14.5. The van der Waals surface area contributed by atoms with Crippen LogP contribution in [0.4, 0.5) is 13.2 Å². The molecule has 0 saturated carbocycles. The number of amides is 3. The standard InChI is InChI=1S/C37H43F3N6O4/c1-6-23(2)33(47)43-32(37(3,4)5)35(49)46-21-30(50-29-13-11-26(39)12-14-29)17-28(46)20-44(16-15-24-7-9-25(38)10-8-24)34(48)31-22-45-19-27(40)18-41-36(45)42-31/h7-14,18-19,22-23,28,30,32H,6,15-17,20-21H2,1-5H3,(H,43,47)/t23-,28+,30+,32-/m1/s1. The molecule has 0 unspecified atom stereocenters. The summed E-state index contributed by atoms with van der Waals surface area (Å²) in [6.45, 7) is 9.76.